The van der Waals surface area contributed by atoms with Crippen molar-refractivity contribution in [1.29, 1.82) is 0 Å². The minimum Gasteiger partial charge on any atom is -0.449 e. The van der Waals surface area contributed by atoms with Crippen LogP contribution in [0.5, 0.6) is 23.0 Å². The van der Waals surface area contributed by atoms with Gasteiger partial charge in [0.2, 0.25) is 0 Å². The predicted molar refractivity (Wildman–Crippen MR) is 260 cm³/mol. The molecule has 10 aromatic rings. The summed E-state index contributed by atoms with van der Waals surface area (Å²) in [6.45, 7) is 0. The molecular weight excluding hydrogens is 779 g/mol. The van der Waals surface area contributed by atoms with E-state index in [9.17, 15) is 0 Å². The molecule has 0 saturated carbocycles. The van der Waals surface area contributed by atoms with Crippen LogP contribution in [-0.4, -0.2) is 0 Å². The Labute approximate surface area is 372 Å². The van der Waals surface area contributed by atoms with Gasteiger partial charge in [0.25, 0.3) is 0 Å². The zero-order valence-electron chi connectivity index (χ0n) is 34.8. The van der Waals surface area contributed by atoms with Gasteiger partial charge in [-0.1, -0.05) is 194 Å². The second-order valence-corrected chi connectivity index (χ2v) is 16.7. The van der Waals surface area contributed by atoms with Gasteiger partial charge in [0.1, 0.15) is 0 Å². The van der Waals surface area contributed by atoms with Crippen molar-refractivity contribution < 1.29 is 9.47 Å². The Bertz CT molecular complexity index is 3420. The zero-order chi connectivity index (χ0) is 42.2. The minimum atomic E-state index is -0.504. The van der Waals surface area contributed by atoms with Crippen molar-refractivity contribution in [3.8, 4) is 78.6 Å². The third-order valence-corrected chi connectivity index (χ3v) is 13.3. The molecule has 0 N–H and O–H groups in total. The van der Waals surface area contributed by atoms with Crippen LogP contribution in [-0.2, 0) is 5.41 Å². The Balaban J connectivity index is 1.01. The van der Waals surface area contributed by atoms with Crippen LogP contribution >= 0.6 is 0 Å². The van der Waals surface area contributed by atoms with Gasteiger partial charge in [-0.3, -0.25) is 0 Å². The maximum absolute atomic E-state index is 7.47. The lowest BCUT2D eigenvalue weighted by atomic mass is 9.70. The molecule has 1 heterocycles. The summed E-state index contributed by atoms with van der Waals surface area (Å²) in [7, 11) is 0. The van der Waals surface area contributed by atoms with E-state index in [-0.39, 0.29) is 0 Å². The fourth-order valence-corrected chi connectivity index (χ4v) is 10.7. The quantitative estimate of drug-likeness (QED) is 0.167. The summed E-state index contributed by atoms with van der Waals surface area (Å²) in [4.78, 5) is 2.34. The molecule has 1 spiro atoms. The number of para-hydroxylation sites is 2. The van der Waals surface area contributed by atoms with Gasteiger partial charge in [0.15, 0.2) is 23.0 Å². The van der Waals surface area contributed by atoms with E-state index < -0.39 is 5.41 Å². The highest BCUT2D eigenvalue weighted by atomic mass is 16.6. The van der Waals surface area contributed by atoms with Gasteiger partial charge in [-0.2, -0.15) is 0 Å². The molecule has 1 aliphatic heterocycles. The maximum Gasteiger partial charge on any atom is 0.194 e. The number of hydrogen-bond donors (Lipinski definition) is 0. The predicted octanol–water partition coefficient (Wildman–Crippen LogP) is 16.4. The maximum atomic E-state index is 7.47. The molecule has 0 amide bonds. The summed E-state index contributed by atoms with van der Waals surface area (Å²) < 4.78 is 14.5. The number of hydrogen-bond acceptors (Lipinski definition) is 3. The molecule has 0 unspecified atom stereocenters. The van der Waals surface area contributed by atoms with Crippen LogP contribution in [0.2, 0.25) is 0 Å². The van der Waals surface area contributed by atoms with Gasteiger partial charge < -0.3 is 14.4 Å². The largest absolute Gasteiger partial charge is 0.449 e. The Morgan fingerprint density at radius 1 is 0.297 bits per heavy atom. The van der Waals surface area contributed by atoms with Crippen molar-refractivity contribution in [2.24, 2.45) is 0 Å². The monoisotopic (exact) mass is 817 g/mol. The Morgan fingerprint density at radius 3 is 1.52 bits per heavy atom. The SMILES string of the molecule is c1ccc(-c2cccc(-c3cccc(N(c4ccccc4-c4ccccc4)c4cccc5c4Oc4c(ccc6c4-c4ccccc4C64c6ccccc6-c6ccccc64)O5)c3)c2)cc1. The fraction of sp³-hybridized carbons (Fsp3) is 0.0164. The second kappa shape index (κ2) is 14.3. The molecule has 0 bridgehead atoms. The number of rotatable bonds is 6. The third kappa shape index (κ3) is 5.34. The summed E-state index contributed by atoms with van der Waals surface area (Å²) in [5, 5.41) is 0. The van der Waals surface area contributed by atoms with Crippen LogP contribution in [0.3, 0.4) is 0 Å². The van der Waals surface area contributed by atoms with E-state index >= 15 is 0 Å². The first kappa shape index (κ1) is 36.3. The molecule has 0 aromatic heterocycles. The molecule has 64 heavy (non-hydrogen) atoms. The molecule has 10 aromatic carbocycles. The molecule has 0 saturated heterocycles. The highest BCUT2D eigenvalue weighted by molar-refractivity contribution is 5.99. The molecule has 2 aliphatic carbocycles. The number of benzene rings is 10. The zero-order valence-corrected chi connectivity index (χ0v) is 34.8. The molecule has 300 valence electrons. The summed E-state index contributed by atoms with van der Waals surface area (Å²) in [6, 6.07) is 84.7. The Hall–Kier alpha value is -8.40. The van der Waals surface area contributed by atoms with E-state index in [0.717, 1.165) is 56.2 Å². The molecule has 3 aliphatic rings. The number of ether oxygens (including phenoxy) is 2. The number of fused-ring (bicyclic) bond motifs is 13. The average molecular weight is 818 g/mol. The van der Waals surface area contributed by atoms with Gasteiger partial charge in [0, 0.05) is 16.8 Å². The first-order valence-electron chi connectivity index (χ1n) is 21.9. The van der Waals surface area contributed by atoms with Gasteiger partial charge in [-0.15, -0.1) is 0 Å². The van der Waals surface area contributed by atoms with Crippen molar-refractivity contribution >= 4 is 17.1 Å². The van der Waals surface area contributed by atoms with Crippen LogP contribution < -0.4 is 14.4 Å². The van der Waals surface area contributed by atoms with Gasteiger partial charge in [-0.25, -0.2) is 0 Å². The van der Waals surface area contributed by atoms with E-state index in [1.165, 1.54) is 44.5 Å². The summed E-state index contributed by atoms with van der Waals surface area (Å²) in [5.41, 5.74) is 19.0. The molecule has 3 heteroatoms. The van der Waals surface area contributed by atoms with Crippen LogP contribution in [0.4, 0.5) is 17.1 Å². The number of nitrogens with zero attached hydrogens (tertiary/aromatic N) is 1. The Kier molecular flexibility index (Phi) is 8.13. The first-order valence-corrected chi connectivity index (χ1v) is 21.9. The van der Waals surface area contributed by atoms with Crippen LogP contribution in [0.15, 0.2) is 237 Å². The molecular formula is C61H39NO2. The molecule has 0 atom stereocenters. The van der Waals surface area contributed by atoms with Gasteiger partial charge in [0.05, 0.1) is 16.8 Å². The van der Waals surface area contributed by atoms with Crippen molar-refractivity contribution in [1.82, 2.24) is 0 Å². The fourth-order valence-electron chi connectivity index (χ4n) is 10.7. The topological polar surface area (TPSA) is 21.7 Å². The van der Waals surface area contributed by atoms with Crippen molar-refractivity contribution in [3.05, 3.63) is 259 Å². The molecule has 13 rings (SSSR count). The average Bonchev–Trinajstić information content (AvgIpc) is 3.84. The summed E-state index contributed by atoms with van der Waals surface area (Å²) in [6.07, 6.45) is 0. The minimum absolute atomic E-state index is 0.504. The third-order valence-electron chi connectivity index (χ3n) is 13.3. The lowest BCUT2D eigenvalue weighted by Crippen LogP contribution is -2.25. The standard InChI is InChI=1S/C61H39NO2/c1-3-18-40(19-4-1)42-22-15-23-43(38-42)44-24-16-25-45(39-44)62(54-33-14-10-26-46(54)41-20-5-2-6-21-41)55-34-17-35-56-59(55)64-60-57(63-56)37-36-53-58(60)49-29-9-13-32-52(49)61(53)50-30-11-7-27-47(50)48-28-8-12-31-51(48)61/h1-39H. The van der Waals surface area contributed by atoms with Crippen LogP contribution in [0.25, 0.3) is 55.6 Å². The van der Waals surface area contributed by atoms with E-state index in [1.807, 2.05) is 6.07 Å². The number of anilines is 3. The smallest absolute Gasteiger partial charge is 0.194 e. The van der Waals surface area contributed by atoms with Gasteiger partial charge >= 0.3 is 0 Å². The van der Waals surface area contributed by atoms with E-state index in [4.69, 9.17) is 9.47 Å². The highest BCUT2D eigenvalue weighted by Crippen LogP contribution is 2.67. The Morgan fingerprint density at radius 2 is 0.797 bits per heavy atom. The summed E-state index contributed by atoms with van der Waals surface area (Å²) in [5.74, 6) is 2.75. The molecule has 3 nitrogen and oxygen atoms in total. The van der Waals surface area contributed by atoms with E-state index in [1.54, 1.807) is 0 Å². The van der Waals surface area contributed by atoms with Gasteiger partial charge in [-0.05, 0) is 109 Å². The van der Waals surface area contributed by atoms with Crippen molar-refractivity contribution in [2.45, 2.75) is 5.41 Å². The lowest BCUT2D eigenvalue weighted by molar-refractivity contribution is 0.361. The lowest BCUT2D eigenvalue weighted by Gasteiger charge is -2.33. The van der Waals surface area contributed by atoms with Crippen LogP contribution in [0.1, 0.15) is 22.3 Å². The van der Waals surface area contributed by atoms with Crippen molar-refractivity contribution in [3.63, 3.8) is 0 Å². The summed E-state index contributed by atoms with van der Waals surface area (Å²) >= 11 is 0. The van der Waals surface area contributed by atoms with E-state index in [2.05, 4.69) is 235 Å². The first-order chi connectivity index (χ1) is 31.8. The second-order valence-electron chi connectivity index (χ2n) is 16.7. The van der Waals surface area contributed by atoms with Crippen molar-refractivity contribution in [2.75, 3.05) is 4.90 Å². The molecule has 0 radical (unpaired) electrons. The normalized spacial score (nSPS) is 13.1. The highest BCUT2D eigenvalue weighted by Gasteiger charge is 2.53. The molecule has 0 fully saturated rings. The van der Waals surface area contributed by atoms with E-state index in [0.29, 0.717) is 17.2 Å². The van der Waals surface area contributed by atoms with Crippen LogP contribution in [0, 0.1) is 0 Å².